The molecule has 0 bridgehead atoms. The largest absolute Gasteiger partial charge is 1.00 e. The van der Waals surface area contributed by atoms with Gasteiger partial charge in [-0.15, -0.1) is 0 Å². The highest BCUT2D eigenvalue weighted by Gasteiger charge is 2.31. The van der Waals surface area contributed by atoms with Crippen molar-refractivity contribution in [2.24, 2.45) is 0 Å². The number of aromatic hydroxyl groups is 1. The van der Waals surface area contributed by atoms with Crippen LogP contribution in [-0.2, 0) is 6.61 Å². The Morgan fingerprint density at radius 2 is 1.52 bits per heavy atom. The monoisotopic (exact) mass is 435 g/mol. The maximum absolute atomic E-state index is 10.5. The van der Waals surface area contributed by atoms with Crippen molar-refractivity contribution in [2.45, 2.75) is 58.7 Å². The van der Waals surface area contributed by atoms with Crippen LogP contribution in [0.15, 0.2) is 48.5 Å². The van der Waals surface area contributed by atoms with Crippen molar-refractivity contribution in [2.75, 3.05) is 13.6 Å². The number of phenols is 1. The number of phenolic OH excluding ortho intramolecular Hbond substituents is 1. The van der Waals surface area contributed by atoms with Gasteiger partial charge in [0.1, 0.15) is 5.75 Å². The van der Waals surface area contributed by atoms with Crippen molar-refractivity contribution >= 4 is 0 Å². The molecule has 0 saturated carbocycles. The van der Waals surface area contributed by atoms with Crippen LogP contribution < -0.4 is 17.0 Å². The maximum Gasteiger partial charge on any atom is 0.119 e. The second-order valence-corrected chi connectivity index (χ2v) is 8.06. The first kappa shape index (κ1) is 23.7. The molecule has 27 heavy (non-hydrogen) atoms. The van der Waals surface area contributed by atoms with E-state index < -0.39 is 0 Å². The highest BCUT2D eigenvalue weighted by atomic mass is 79.9. The third-order valence-electron chi connectivity index (χ3n) is 6.11. The van der Waals surface area contributed by atoms with E-state index in [0.717, 1.165) is 28.6 Å². The summed E-state index contributed by atoms with van der Waals surface area (Å²) in [7, 11) is 2.32. The van der Waals surface area contributed by atoms with Crippen LogP contribution in [0, 0.1) is 0 Å². The third kappa shape index (κ3) is 5.56. The Kier molecular flexibility index (Phi) is 9.00. The molecule has 2 rings (SSSR count). The molecule has 0 aromatic heterocycles. The predicted octanol–water partition coefficient (Wildman–Crippen LogP) is 1.67. The number of aliphatic hydroxyl groups excluding tert-OH is 1. The summed E-state index contributed by atoms with van der Waals surface area (Å²) in [5.74, 6) is 0.414. The molecule has 2 aromatic carbocycles. The van der Waals surface area contributed by atoms with E-state index in [1.807, 2.05) is 24.3 Å². The second-order valence-electron chi connectivity index (χ2n) is 8.06. The van der Waals surface area contributed by atoms with Gasteiger partial charge in [-0.3, -0.25) is 0 Å². The van der Waals surface area contributed by atoms with Gasteiger partial charge in [0.05, 0.1) is 32.3 Å². The first-order chi connectivity index (χ1) is 12.3. The van der Waals surface area contributed by atoms with Crippen molar-refractivity contribution < 1.29 is 31.7 Å². The molecular weight excluding hydrogens is 402 g/mol. The molecule has 1 atom stereocenters. The van der Waals surface area contributed by atoms with E-state index in [4.69, 9.17) is 0 Å². The number of nitrogens with zero attached hydrogens (tertiary/aromatic N) is 1. The van der Waals surface area contributed by atoms with Crippen LogP contribution in [-0.4, -0.2) is 40.4 Å². The summed E-state index contributed by atoms with van der Waals surface area (Å²) in [5, 5.41) is 20.0. The minimum Gasteiger partial charge on any atom is -1.00 e. The SMILES string of the molecule is CC(C)[N+](C)(CC[C@H](c1ccccc1)c1cc(CO)ccc1O)C(C)C.[Br-]. The quantitative estimate of drug-likeness (QED) is 0.619. The van der Waals surface area contributed by atoms with Crippen LogP contribution in [0.2, 0.25) is 0 Å². The lowest BCUT2D eigenvalue weighted by atomic mass is 9.86. The molecule has 0 spiro atoms. The van der Waals surface area contributed by atoms with E-state index in [0.29, 0.717) is 17.8 Å². The van der Waals surface area contributed by atoms with E-state index in [2.05, 4.69) is 46.9 Å². The summed E-state index contributed by atoms with van der Waals surface area (Å²) in [5.41, 5.74) is 2.95. The summed E-state index contributed by atoms with van der Waals surface area (Å²) >= 11 is 0. The number of quaternary nitrogens is 1. The van der Waals surface area contributed by atoms with Crippen molar-refractivity contribution in [3.8, 4) is 5.75 Å². The number of rotatable bonds is 8. The highest BCUT2D eigenvalue weighted by molar-refractivity contribution is 5.43. The lowest BCUT2D eigenvalue weighted by Crippen LogP contribution is -3.00. The zero-order valence-electron chi connectivity index (χ0n) is 17.2. The molecule has 0 fully saturated rings. The number of hydrogen-bond acceptors (Lipinski definition) is 2. The standard InChI is InChI=1S/C23H33NO2.BrH/c1-17(2)24(5,18(3)4)14-13-21(20-9-7-6-8-10-20)22-15-19(16-25)11-12-23(22)26;/h6-12,15,17-18,21,25H,13-14,16H2,1-5H3;1H/t21-;/m1./s1. The average molecular weight is 436 g/mol. The molecule has 0 heterocycles. The minimum atomic E-state index is -0.0133. The van der Waals surface area contributed by atoms with Crippen molar-refractivity contribution in [1.29, 1.82) is 0 Å². The van der Waals surface area contributed by atoms with Crippen molar-refractivity contribution in [3.63, 3.8) is 0 Å². The molecule has 4 heteroatoms. The molecule has 2 N–H and O–H groups in total. The van der Waals surface area contributed by atoms with Crippen LogP contribution in [0.25, 0.3) is 0 Å². The van der Waals surface area contributed by atoms with Gasteiger partial charge in [0, 0.05) is 17.9 Å². The zero-order chi connectivity index (χ0) is 19.3. The summed E-state index contributed by atoms with van der Waals surface area (Å²) < 4.78 is 0.990. The first-order valence-electron chi connectivity index (χ1n) is 9.62. The van der Waals surface area contributed by atoms with Crippen molar-refractivity contribution in [3.05, 3.63) is 65.2 Å². The molecule has 0 aliphatic heterocycles. The first-order valence-corrected chi connectivity index (χ1v) is 9.62. The van der Waals surface area contributed by atoms with E-state index >= 15 is 0 Å². The van der Waals surface area contributed by atoms with Gasteiger partial charge in [-0.25, -0.2) is 0 Å². The van der Waals surface area contributed by atoms with Gasteiger partial charge in [0.25, 0.3) is 0 Å². The normalized spacial score (nSPS) is 12.9. The van der Waals surface area contributed by atoms with Crippen LogP contribution in [0.3, 0.4) is 0 Å². The Hall–Kier alpha value is -1.36. The minimum absolute atomic E-state index is 0. The van der Waals surface area contributed by atoms with Gasteiger partial charge in [-0.2, -0.15) is 0 Å². The number of aliphatic hydroxyl groups is 1. The summed E-state index contributed by atoms with van der Waals surface area (Å²) in [4.78, 5) is 0. The molecule has 0 amide bonds. The Balaban J connectivity index is 0.00000364. The Labute approximate surface area is 175 Å². The van der Waals surface area contributed by atoms with Crippen molar-refractivity contribution in [1.82, 2.24) is 0 Å². The lowest BCUT2D eigenvalue weighted by Gasteiger charge is -2.43. The molecule has 0 aliphatic carbocycles. The zero-order valence-corrected chi connectivity index (χ0v) is 18.8. The fraction of sp³-hybridized carbons (Fsp3) is 0.478. The summed E-state index contributed by atoms with van der Waals surface area (Å²) in [6, 6.07) is 16.9. The Morgan fingerprint density at radius 3 is 2.04 bits per heavy atom. The fourth-order valence-electron chi connectivity index (χ4n) is 3.69. The molecule has 150 valence electrons. The van der Waals surface area contributed by atoms with Crippen LogP contribution in [0.4, 0.5) is 0 Å². The molecule has 0 aliphatic rings. The molecule has 2 aromatic rings. The van der Waals surface area contributed by atoms with Crippen LogP contribution in [0.1, 0.15) is 56.7 Å². The van der Waals surface area contributed by atoms with E-state index in [1.54, 1.807) is 12.1 Å². The van der Waals surface area contributed by atoms with Crippen LogP contribution in [0.5, 0.6) is 5.75 Å². The number of benzene rings is 2. The van der Waals surface area contributed by atoms with Crippen LogP contribution >= 0.6 is 0 Å². The topological polar surface area (TPSA) is 40.5 Å². The van der Waals surface area contributed by atoms with E-state index in [9.17, 15) is 10.2 Å². The smallest absolute Gasteiger partial charge is 0.119 e. The number of hydrogen-bond donors (Lipinski definition) is 2. The van der Waals surface area contributed by atoms with Gasteiger partial charge >= 0.3 is 0 Å². The molecular formula is C23H34BrNO2. The predicted molar refractivity (Wildman–Crippen MR) is 108 cm³/mol. The highest BCUT2D eigenvalue weighted by Crippen LogP contribution is 2.36. The Morgan fingerprint density at radius 1 is 0.926 bits per heavy atom. The summed E-state index contributed by atoms with van der Waals surface area (Å²) in [6.45, 7) is 10.1. The van der Waals surface area contributed by atoms with E-state index in [-0.39, 0.29) is 29.5 Å². The van der Waals surface area contributed by atoms with Gasteiger partial charge in [-0.05, 0) is 51.0 Å². The molecule has 0 saturated heterocycles. The Bertz CT molecular complexity index is 693. The molecule has 0 radical (unpaired) electrons. The lowest BCUT2D eigenvalue weighted by molar-refractivity contribution is -0.949. The molecule has 0 unspecified atom stereocenters. The van der Waals surface area contributed by atoms with E-state index in [1.165, 1.54) is 5.56 Å². The van der Waals surface area contributed by atoms with Gasteiger partial charge < -0.3 is 31.7 Å². The third-order valence-corrected chi connectivity index (χ3v) is 6.11. The van der Waals surface area contributed by atoms with Gasteiger partial charge in [0.2, 0.25) is 0 Å². The van der Waals surface area contributed by atoms with Gasteiger partial charge in [-0.1, -0.05) is 36.4 Å². The number of halogens is 1. The average Bonchev–Trinajstić information content (AvgIpc) is 2.63. The summed E-state index contributed by atoms with van der Waals surface area (Å²) in [6.07, 6.45) is 0.944. The maximum atomic E-state index is 10.5. The van der Waals surface area contributed by atoms with Gasteiger partial charge in [0.15, 0.2) is 0 Å². The fourth-order valence-corrected chi connectivity index (χ4v) is 3.69. The molecule has 3 nitrogen and oxygen atoms in total. The second kappa shape index (κ2) is 10.3.